The molecule has 25 heavy (non-hydrogen) atoms. The molecule has 4 nitrogen and oxygen atoms in total. The number of nitrogens with zero attached hydrogens (tertiary/aromatic N) is 1. The van der Waals surface area contributed by atoms with Gasteiger partial charge in [0.2, 0.25) is 0 Å². The molecule has 0 heterocycles. The summed E-state index contributed by atoms with van der Waals surface area (Å²) >= 11 is 0. The fraction of sp³-hybridized carbons (Fsp3) is 0.350. The Morgan fingerprint density at radius 1 is 1.12 bits per heavy atom. The van der Waals surface area contributed by atoms with E-state index in [1.807, 2.05) is 44.2 Å². The molecule has 1 aliphatic rings. The van der Waals surface area contributed by atoms with Crippen molar-refractivity contribution < 1.29 is 13.2 Å². The highest BCUT2D eigenvalue weighted by Gasteiger charge is 2.72. The van der Waals surface area contributed by atoms with Crippen LogP contribution in [0.15, 0.2) is 59.5 Å². The van der Waals surface area contributed by atoms with Crippen molar-refractivity contribution in [2.75, 3.05) is 13.2 Å². The summed E-state index contributed by atoms with van der Waals surface area (Å²) in [4.78, 5) is 0.262. The molecule has 2 aromatic carbocycles. The van der Waals surface area contributed by atoms with Gasteiger partial charge in [0.05, 0.1) is 22.8 Å². The summed E-state index contributed by atoms with van der Waals surface area (Å²) in [5.74, 6) is -0.378. The lowest BCUT2D eigenvalue weighted by Gasteiger charge is -2.10. The van der Waals surface area contributed by atoms with E-state index in [-0.39, 0.29) is 17.4 Å². The molecule has 0 amide bonds. The largest absolute Gasteiger partial charge is 0.380 e. The fourth-order valence-corrected chi connectivity index (χ4v) is 5.79. The molecule has 0 unspecified atom stereocenters. The number of ether oxygens (including phenoxy) is 1. The lowest BCUT2D eigenvalue weighted by molar-refractivity contribution is 0.117. The smallest absolute Gasteiger partial charge is 0.183 e. The Morgan fingerprint density at radius 3 is 2.32 bits per heavy atom. The van der Waals surface area contributed by atoms with Gasteiger partial charge in [0.25, 0.3) is 0 Å². The number of rotatable bonds is 6. The predicted molar refractivity (Wildman–Crippen MR) is 95.9 cm³/mol. The zero-order valence-electron chi connectivity index (χ0n) is 14.3. The molecule has 2 aromatic rings. The third kappa shape index (κ3) is 2.97. The van der Waals surface area contributed by atoms with Crippen LogP contribution in [0.2, 0.25) is 0 Å². The van der Waals surface area contributed by atoms with Gasteiger partial charge < -0.3 is 4.74 Å². The van der Waals surface area contributed by atoms with Gasteiger partial charge in [-0.15, -0.1) is 0 Å². The lowest BCUT2D eigenvalue weighted by Crippen LogP contribution is -2.19. The van der Waals surface area contributed by atoms with E-state index < -0.39 is 20.5 Å². The normalized spacial score (nSPS) is 25.3. The fourth-order valence-electron chi connectivity index (χ4n) is 3.48. The van der Waals surface area contributed by atoms with E-state index in [0.29, 0.717) is 6.61 Å². The van der Waals surface area contributed by atoms with Crippen LogP contribution in [-0.2, 0) is 14.6 Å². The standard InChI is InChI=1S/C20H21NO3S/c1-3-24-14-20(13-21)18(16-7-5-4-6-8-16)19(20)25(22,23)17-11-9-15(2)10-12-17/h4-12,18-19H,3,14H2,1-2H3/t18-,19+,20-/m1/s1. The minimum absolute atomic E-state index is 0.120. The van der Waals surface area contributed by atoms with Crippen molar-refractivity contribution in [3.05, 3.63) is 65.7 Å². The molecule has 3 atom stereocenters. The molecular weight excluding hydrogens is 334 g/mol. The topological polar surface area (TPSA) is 67.2 Å². The van der Waals surface area contributed by atoms with Crippen molar-refractivity contribution in [3.63, 3.8) is 0 Å². The summed E-state index contributed by atoms with van der Waals surface area (Å²) in [6.45, 7) is 4.32. The summed E-state index contributed by atoms with van der Waals surface area (Å²) in [5, 5.41) is 9.06. The van der Waals surface area contributed by atoms with Crippen molar-refractivity contribution in [2.24, 2.45) is 5.41 Å². The summed E-state index contributed by atoms with van der Waals surface area (Å²) in [5.41, 5.74) is 0.820. The van der Waals surface area contributed by atoms with E-state index in [0.717, 1.165) is 11.1 Å². The monoisotopic (exact) mass is 355 g/mol. The van der Waals surface area contributed by atoms with Gasteiger partial charge in [-0.1, -0.05) is 48.0 Å². The Bertz CT molecular complexity index is 885. The van der Waals surface area contributed by atoms with E-state index in [4.69, 9.17) is 4.74 Å². The molecule has 130 valence electrons. The van der Waals surface area contributed by atoms with Gasteiger partial charge in [-0.25, -0.2) is 8.42 Å². The average Bonchev–Trinajstić information content (AvgIpc) is 3.31. The highest BCUT2D eigenvalue weighted by atomic mass is 32.2. The number of aryl methyl sites for hydroxylation is 1. The molecule has 1 saturated carbocycles. The second-order valence-corrected chi connectivity index (χ2v) is 8.53. The van der Waals surface area contributed by atoms with Gasteiger partial charge in [0, 0.05) is 12.5 Å². The van der Waals surface area contributed by atoms with Crippen molar-refractivity contribution >= 4 is 9.84 Å². The summed E-state index contributed by atoms with van der Waals surface area (Å²) < 4.78 is 31.9. The van der Waals surface area contributed by atoms with Crippen molar-refractivity contribution in [3.8, 4) is 6.07 Å². The van der Waals surface area contributed by atoms with Crippen molar-refractivity contribution in [1.29, 1.82) is 5.26 Å². The predicted octanol–water partition coefficient (Wildman–Crippen LogP) is 3.48. The third-order valence-corrected chi connectivity index (χ3v) is 7.14. The first-order valence-electron chi connectivity index (χ1n) is 8.32. The molecular formula is C20H21NO3S. The van der Waals surface area contributed by atoms with Crippen LogP contribution in [0, 0.1) is 23.7 Å². The van der Waals surface area contributed by atoms with E-state index in [2.05, 4.69) is 6.07 Å². The summed E-state index contributed by atoms with van der Waals surface area (Å²) in [7, 11) is -3.63. The Labute approximate surface area is 149 Å². The highest BCUT2D eigenvalue weighted by molar-refractivity contribution is 7.92. The molecule has 0 spiro atoms. The quantitative estimate of drug-likeness (QED) is 0.795. The molecule has 0 aliphatic heterocycles. The molecule has 0 radical (unpaired) electrons. The maximum Gasteiger partial charge on any atom is 0.183 e. The zero-order chi connectivity index (χ0) is 18.1. The van der Waals surface area contributed by atoms with Crippen LogP contribution >= 0.6 is 0 Å². The Balaban J connectivity index is 2.05. The van der Waals surface area contributed by atoms with E-state index in [1.54, 1.807) is 24.3 Å². The average molecular weight is 355 g/mol. The Morgan fingerprint density at radius 2 is 1.76 bits per heavy atom. The molecule has 1 aliphatic carbocycles. The van der Waals surface area contributed by atoms with Crippen molar-refractivity contribution in [1.82, 2.24) is 0 Å². The summed E-state index contributed by atoms with van der Waals surface area (Å²) in [6.07, 6.45) is 0. The highest BCUT2D eigenvalue weighted by Crippen LogP contribution is 2.63. The minimum atomic E-state index is -3.63. The van der Waals surface area contributed by atoms with E-state index in [1.165, 1.54) is 0 Å². The van der Waals surface area contributed by atoms with Crippen LogP contribution in [0.25, 0.3) is 0 Å². The van der Waals surface area contributed by atoms with Gasteiger partial charge in [-0.05, 0) is 31.5 Å². The number of hydrogen-bond donors (Lipinski definition) is 0. The second kappa shape index (κ2) is 6.62. The molecule has 0 aromatic heterocycles. The molecule has 0 N–H and O–H groups in total. The van der Waals surface area contributed by atoms with Gasteiger partial charge in [0.1, 0.15) is 5.41 Å². The molecule has 0 saturated heterocycles. The second-order valence-electron chi connectivity index (χ2n) is 6.46. The van der Waals surface area contributed by atoms with Crippen LogP contribution in [0.5, 0.6) is 0 Å². The maximum atomic E-state index is 13.2. The van der Waals surface area contributed by atoms with Gasteiger partial charge in [-0.3, -0.25) is 0 Å². The van der Waals surface area contributed by atoms with E-state index in [9.17, 15) is 13.7 Å². The number of benzene rings is 2. The first-order chi connectivity index (χ1) is 12.0. The van der Waals surface area contributed by atoms with Crippen LogP contribution in [0.3, 0.4) is 0 Å². The lowest BCUT2D eigenvalue weighted by atomic mass is 10.0. The van der Waals surface area contributed by atoms with E-state index >= 15 is 0 Å². The molecule has 3 rings (SSSR count). The van der Waals surface area contributed by atoms with Crippen LogP contribution < -0.4 is 0 Å². The van der Waals surface area contributed by atoms with Gasteiger partial charge in [-0.2, -0.15) is 5.26 Å². The third-order valence-electron chi connectivity index (χ3n) is 4.85. The van der Waals surface area contributed by atoms with Gasteiger partial charge >= 0.3 is 0 Å². The minimum Gasteiger partial charge on any atom is -0.380 e. The molecule has 5 heteroatoms. The first-order valence-corrected chi connectivity index (χ1v) is 9.86. The van der Waals surface area contributed by atoms with Crippen LogP contribution in [0.4, 0.5) is 0 Å². The number of nitriles is 1. The van der Waals surface area contributed by atoms with Crippen LogP contribution in [-0.4, -0.2) is 26.9 Å². The summed E-state index contributed by atoms with van der Waals surface area (Å²) in [6, 6.07) is 18.4. The SMILES string of the molecule is CCOC[C@]1(C#N)[C@H](c2ccccc2)[C@@H]1S(=O)(=O)c1ccc(C)cc1. The number of sulfone groups is 1. The van der Waals surface area contributed by atoms with Crippen LogP contribution in [0.1, 0.15) is 24.0 Å². The zero-order valence-corrected chi connectivity index (χ0v) is 15.2. The first kappa shape index (κ1) is 17.7. The number of hydrogen-bond acceptors (Lipinski definition) is 4. The Kier molecular flexibility index (Phi) is 4.68. The Hall–Kier alpha value is -2.16. The maximum absolute atomic E-state index is 13.2. The van der Waals surface area contributed by atoms with Gasteiger partial charge in [0.15, 0.2) is 9.84 Å². The molecule has 0 bridgehead atoms. The van der Waals surface area contributed by atoms with Crippen molar-refractivity contribution in [2.45, 2.75) is 29.9 Å². The molecule has 1 fully saturated rings.